The Labute approximate surface area is 170 Å². The Morgan fingerprint density at radius 1 is 1.03 bits per heavy atom. The molecule has 7 nitrogen and oxygen atoms in total. The molecule has 1 heterocycles. The Hall–Kier alpha value is -3.22. The van der Waals surface area contributed by atoms with E-state index < -0.39 is 0 Å². The second-order valence-electron chi connectivity index (χ2n) is 6.52. The van der Waals surface area contributed by atoms with Crippen LogP contribution in [0.2, 0.25) is 0 Å². The molecular weight excluding hydrogens is 374 g/mol. The topological polar surface area (TPSA) is 74.3 Å². The first-order valence-corrected chi connectivity index (χ1v) is 9.43. The molecule has 3 rings (SSSR count). The molecule has 1 amide bonds. The quantitative estimate of drug-likeness (QED) is 0.693. The Morgan fingerprint density at radius 3 is 2.28 bits per heavy atom. The normalized spacial score (nSPS) is 15.3. The summed E-state index contributed by atoms with van der Waals surface area (Å²) in [5.74, 6) is 0.386. The molecule has 1 aliphatic heterocycles. The molecule has 0 spiro atoms. The number of nitrogens with zero attached hydrogens (tertiary/aromatic N) is 1. The van der Waals surface area contributed by atoms with Gasteiger partial charge in [0.25, 0.3) is 5.91 Å². The van der Waals surface area contributed by atoms with Crippen molar-refractivity contribution in [1.29, 1.82) is 0 Å². The zero-order valence-corrected chi connectivity index (χ0v) is 17.1. The van der Waals surface area contributed by atoms with E-state index in [1.54, 1.807) is 24.0 Å². The fraction of sp³-hybridized carbons (Fsp3) is 0.364. The third-order valence-electron chi connectivity index (χ3n) is 4.97. The largest absolute Gasteiger partial charge is 0.493 e. The SMILES string of the molecule is CCOC(=O)[C@@H]1CCN(C(=O)c2cc(OC)c(OC)c(OC)c2)c2ccccc21. The van der Waals surface area contributed by atoms with Crippen molar-refractivity contribution in [3.63, 3.8) is 0 Å². The number of methoxy groups -OCH3 is 3. The zero-order chi connectivity index (χ0) is 21.0. The number of para-hydroxylation sites is 1. The van der Waals surface area contributed by atoms with Gasteiger partial charge in [-0.2, -0.15) is 0 Å². The van der Waals surface area contributed by atoms with E-state index in [2.05, 4.69) is 0 Å². The molecule has 0 aliphatic carbocycles. The van der Waals surface area contributed by atoms with Crippen molar-refractivity contribution < 1.29 is 28.5 Å². The van der Waals surface area contributed by atoms with Gasteiger partial charge in [-0.1, -0.05) is 18.2 Å². The Morgan fingerprint density at radius 2 is 1.69 bits per heavy atom. The molecule has 29 heavy (non-hydrogen) atoms. The van der Waals surface area contributed by atoms with Crippen molar-refractivity contribution >= 4 is 17.6 Å². The molecule has 0 radical (unpaired) electrons. The highest BCUT2D eigenvalue weighted by molar-refractivity contribution is 6.08. The predicted octanol–water partition coefficient (Wildman–Crippen LogP) is 3.41. The Bertz CT molecular complexity index is 885. The average Bonchev–Trinajstić information content (AvgIpc) is 2.76. The van der Waals surface area contributed by atoms with Gasteiger partial charge in [-0.05, 0) is 37.1 Å². The third-order valence-corrected chi connectivity index (χ3v) is 4.97. The molecule has 0 N–H and O–H groups in total. The van der Waals surface area contributed by atoms with E-state index in [0.717, 1.165) is 5.56 Å². The van der Waals surface area contributed by atoms with E-state index in [-0.39, 0.29) is 17.8 Å². The minimum absolute atomic E-state index is 0.209. The van der Waals surface area contributed by atoms with Crippen molar-refractivity contribution in [1.82, 2.24) is 0 Å². The zero-order valence-electron chi connectivity index (χ0n) is 17.1. The van der Waals surface area contributed by atoms with Gasteiger partial charge in [-0.3, -0.25) is 9.59 Å². The maximum absolute atomic E-state index is 13.4. The van der Waals surface area contributed by atoms with Gasteiger partial charge in [0.05, 0.1) is 33.9 Å². The summed E-state index contributed by atoms with van der Waals surface area (Å²) in [4.78, 5) is 27.4. The molecule has 0 bridgehead atoms. The highest BCUT2D eigenvalue weighted by Crippen LogP contribution is 2.40. The van der Waals surface area contributed by atoms with Crippen molar-refractivity contribution in [2.45, 2.75) is 19.3 Å². The summed E-state index contributed by atoms with van der Waals surface area (Å²) >= 11 is 0. The minimum atomic E-state index is -0.380. The van der Waals surface area contributed by atoms with Crippen molar-refractivity contribution in [2.24, 2.45) is 0 Å². The number of rotatable bonds is 6. The van der Waals surface area contributed by atoms with Crippen LogP contribution in [0.25, 0.3) is 0 Å². The fourth-order valence-electron chi connectivity index (χ4n) is 3.62. The third kappa shape index (κ3) is 3.85. The van der Waals surface area contributed by atoms with Gasteiger partial charge < -0.3 is 23.8 Å². The van der Waals surface area contributed by atoms with Crippen LogP contribution in [-0.4, -0.2) is 46.4 Å². The van der Waals surface area contributed by atoms with Crippen LogP contribution in [0.15, 0.2) is 36.4 Å². The van der Waals surface area contributed by atoms with E-state index in [1.807, 2.05) is 24.3 Å². The number of anilines is 1. The lowest BCUT2D eigenvalue weighted by Gasteiger charge is -2.33. The number of fused-ring (bicyclic) bond motifs is 1. The van der Waals surface area contributed by atoms with Crippen LogP contribution in [0.5, 0.6) is 17.2 Å². The lowest BCUT2D eigenvalue weighted by molar-refractivity contribution is -0.145. The molecule has 0 saturated heterocycles. The van der Waals surface area contributed by atoms with Crippen LogP contribution in [-0.2, 0) is 9.53 Å². The Kier molecular flexibility index (Phi) is 6.26. The first kappa shape index (κ1) is 20.5. The Balaban J connectivity index is 2.00. The second kappa shape index (κ2) is 8.86. The molecule has 2 aromatic carbocycles. The van der Waals surface area contributed by atoms with Crippen LogP contribution >= 0.6 is 0 Å². The van der Waals surface area contributed by atoms with E-state index in [1.165, 1.54) is 21.3 Å². The number of hydrogen-bond acceptors (Lipinski definition) is 6. The monoisotopic (exact) mass is 399 g/mol. The highest BCUT2D eigenvalue weighted by atomic mass is 16.5. The molecule has 0 saturated carbocycles. The standard InChI is InChI=1S/C22H25NO6/c1-5-29-22(25)16-10-11-23(17-9-7-6-8-15(16)17)21(24)14-12-18(26-2)20(28-4)19(13-14)27-3/h6-9,12-13,16H,5,10-11H2,1-4H3/t16-/m1/s1. The molecule has 7 heteroatoms. The first-order chi connectivity index (χ1) is 14.0. The van der Waals surface area contributed by atoms with Gasteiger partial charge in [-0.25, -0.2) is 0 Å². The summed E-state index contributed by atoms with van der Waals surface area (Å²) in [6.45, 7) is 2.51. The number of ether oxygens (including phenoxy) is 4. The first-order valence-electron chi connectivity index (χ1n) is 9.43. The van der Waals surface area contributed by atoms with Gasteiger partial charge in [0.1, 0.15) is 0 Å². The molecule has 0 aromatic heterocycles. The number of hydrogen-bond donors (Lipinski definition) is 0. The van der Waals surface area contributed by atoms with Gasteiger partial charge in [0, 0.05) is 17.8 Å². The highest BCUT2D eigenvalue weighted by Gasteiger charge is 2.34. The van der Waals surface area contributed by atoms with Crippen LogP contribution < -0.4 is 19.1 Å². The fourth-order valence-corrected chi connectivity index (χ4v) is 3.62. The van der Waals surface area contributed by atoms with Gasteiger partial charge in [0.15, 0.2) is 11.5 Å². The second-order valence-corrected chi connectivity index (χ2v) is 6.52. The van der Waals surface area contributed by atoms with E-state index in [9.17, 15) is 9.59 Å². The molecule has 154 valence electrons. The summed E-state index contributed by atoms with van der Waals surface area (Å²) in [6.07, 6.45) is 0.492. The molecule has 2 aromatic rings. The smallest absolute Gasteiger partial charge is 0.313 e. The summed E-state index contributed by atoms with van der Waals surface area (Å²) in [6, 6.07) is 10.7. The summed E-state index contributed by atoms with van der Waals surface area (Å²) in [5.41, 5.74) is 1.90. The summed E-state index contributed by atoms with van der Waals surface area (Å²) in [7, 11) is 4.52. The lowest BCUT2D eigenvalue weighted by atomic mass is 9.89. The van der Waals surface area contributed by atoms with Crippen molar-refractivity contribution in [2.75, 3.05) is 39.4 Å². The van der Waals surface area contributed by atoms with E-state index >= 15 is 0 Å². The minimum Gasteiger partial charge on any atom is -0.493 e. The van der Waals surface area contributed by atoms with Gasteiger partial charge in [-0.15, -0.1) is 0 Å². The van der Waals surface area contributed by atoms with Crippen molar-refractivity contribution in [3.8, 4) is 17.2 Å². The average molecular weight is 399 g/mol. The molecular formula is C22H25NO6. The summed E-state index contributed by atoms with van der Waals surface area (Å²) < 4.78 is 21.3. The van der Waals surface area contributed by atoms with Crippen molar-refractivity contribution in [3.05, 3.63) is 47.5 Å². The van der Waals surface area contributed by atoms with Crippen LogP contribution in [0, 0.1) is 0 Å². The van der Waals surface area contributed by atoms with Crippen LogP contribution in [0.4, 0.5) is 5.69 Å². The molecule has 1 atom stereocenters. The molecule has 0 unspecified atom stereocenters. The molecule has 0 fully saturated rings. The summed E-state index contributed by atoms with van der Waals surface area (Å²) in [5, 5.41) is 0. The van der Waals surface area contributed by atoms with Gasteiger partial charge >= 0.3 is 5.97 Å². The van der Waals surface area contributed by atoms with E-state index in [4.69, 9.17) is 18.9 Å². The van der Waals surface area contributed by atoms with Crippen LogP contribution in [0.1, 0.15) is 35.2 Å². The molecule has 1 aliphatic rings. The van der Waals surface area contributed by atoms with E-state index in [0.29, 0.717) is 48.1 Å². The number of carbonyl (C=O) groups excluding carboxylic acids is 2. The maximum Gasteiger partial charge on any atom is 0.313 e. The van der Waals surface area contributed by atoms with Crippen LogP contribution in [0.3, 0.4) is 0 Å². The number of amides is 1. The number of esters is 1. The number of carbonyl (C=O) groups is 2. The predicted molar refractivity (Wildman–Crippen MR) is 108 cm³/mol. The lowest BCUT2D eigenvalue weighted by Crippen LogP contribution is -2.38. The number of benzene rings is 2. The maximum atomic E-state index is 13.4. The van der Waals surface area contributed by atoms with Gasteiger partial charge in [0.2, 0.25) is 5.75 Å².